The molecule has 0 aliphatic rings. The van der Waals surface area contributed by atoms with E-state index in [0.717, 1.165) is 5.56 Å². The lowest BCUT2D eigenvalue weighted by Crippen LogP contribution is -1.99. The number of nitrogens with zero attached hydrogens (tertiary/aromatic N) is 5. The molecule has 18 heavy (non-hydrogen) atoms. The van der Waals surface area contributed by atoms with Crippen molar-refractivity contribution in [3.8, 4) is 11.6 Å². The fourth-order valence-electron chi connectivity index (χ4n) is 1.54. The number of ether oxygens (including phenoxy) is 1. The van der Waals surface area contributed by atoms with Crippen LogP contribution in [0, 0.1) is 6.92 Å². The third-order valence-electron chi connectivity index (χ3n) is 2.54. The Morgan fingerprint density at radius 1 is 1.22 bits per heavy atom. The average Bonchev–Trinajstić information content (AvgIpc) is 2.82. The molecule has 0 aliphatic carbocycles. The fourth-order valence-corrected chi connectivity index (χ4v) is 1.54. The molecule has 0 bridgehead atoms. The summed E-state index contributed by atoms with van der Waals surface area (Å²) in [4.78, 5) is 0. The van der Waals surface area contributed by atoms with Crippen molar-refractivity contribution in [1.29, 1.82) is 0 Å². The zero-order valence-corrected chi connectivity index (χ0v) is 9.61. The third-order valence-corrected chi connectivity index (χ3v) is 2.54. The normalized spacial score (nSPS) is 10.7. The third kappa shape index (κ3) is 1.71. The minimum absolute atomic E-state index is 0.382. The summed E-state index contributed by atoms with van der Waals surface area (Å²) in [6.07, 6.45) is 0. The quantitative estimate of drug-likeness (QED) is 0.679. The number of para-hydroxylation sites is 1. The minimum atomic E-state index is 0.382. The van der Waals surface area contributed by atoms with Gasteiger partial charge in [0, 0.05) is 6.07 Å². The Morgan fingerprint density at radius 2 is 2.11 bits per heavy atom. The topological polar surface area (TPSA) is 91.2 Å². The molecule has 0 aliphatic heterocycles. The van der Waals surface area contributed by atoms with E-state index < -0.39 is 0 Å². The van der Waals surface area contributed by atoms with Crippen molar-refractivity contribution in [3.63, 3.8) is 0 Å². The van der Waals surface area contributed by atoms with E-state index in [1.807, 2.05) is 19.1 Å². The summed E-state index contributed by atoms with van der Waals surface area (Å²) < 4.78 is 6.91. The Morgan fingerprint density at radius 3 is 3.00 bits per heavy atom. The van der Waals surface area contributed by atoms with E-state index in [1.165, 1.54) is 4.63 Å². The molecule has 7 heteroatoms. The Kier molecular flexibility index (Phi) is 2.30. The standard InChI is InChI=1S/C11H10N6O/c1-7-3-2-4-8(11(7)12)18-10-6-5-9-13-15-16-17(9)14-10/h2-6H,12H2,1H3. The largest absolute Gasteiger partial charge is 0.435 e. The van der Waals surface area contributed by atoms with Gasteiger partial charge in [-0.05, 0) is 35.0 Å². The molecule has 0 saturated carbocycles. The SMILES string of the molecule is Cc1cccc(Oc2ccc3nnnn3n2)c1N. The number of nitrogen functional groups attached to an aromatic ring is 1. The monoisotopic (exact) mass is 242 g/mol. The second-order valence-electron chi connectivity index (χ2n) is 3.79. The lowest BCUT2D eigenvalue weighted by atomic mass is 10.2. The molecule has 0 amide bonds. The van der Waals surface area contributed by atoms with Gasteiger partial charge in [-0.1, -0.05) is 12.1 Å². The van der Waals surface area contributed by atoms with Gasteiger partial charge in [0.25, 0.3) is 0 Å². The zero-order valence-electron chi connectivity index (χ0n) is 9.61. The second-order valence-corrected chi connectivity index (χ2v) is 3.79. The fraction of sp³-hybridized carbons (Fsp3) is 0.0909. The van der Waals surface area contributed by atoms with Gasteiger partial charge in [-0.25, -0.2) is 0 Å². The first-order valence-corrected chi connectivity index (χ1v) is 5.32. The van der Waals surface area contributed by atoms with Gasteiger partial charge in [-0.2, -0.15) is 0 Å². The van der Waals surface area contributed by atoms with Gasteiger partial charge >= 0.3 is 0 Å². The summed E-state index contributed by atoms with van der Waals surface area (Å²) in [7, 11) is 0. The smallest absolute Gasteiger partial charge is 0.239 e. The van der Waals surface area contributed by atoms with E-state index >= 15 is 0 Å². The van der Waals surface area contributed by atoms with E-state index in [1.54, 1.807) is 18.2 Å². The Bertz CT molecular complexity index is 708. The lowest BCUT2D eigenvalue weighted by molar-refractivity contribution is 0.449. The van der Waals surface area contributed by atoms with Gasteiger partial charge in [-0.15, -0.1) is 14.8 Å². The lowest BCUT2D eigenvalue weighted by Gasteiger charge is -2.08. The summed E-state index contributed by atoms with van der Waals surface area (Å²) >= 11 is 0. The van der Waals surface area contributed by atoms with Crippen LogP contribution in [-0.2, 0) is 0 Å². The maximum Gasteiger partial charge on any atom is 0.239 e. The van der Waals surface area contributed by atoms with Crippen molar-refractivity contribution >= 4 is 11.3 Å². The van der Waals surface area contributed by atoms with Gasteiger partial charge in [-0.3, -0.25) is 0 Å². The molecule has 2 N–H and O–H groups in total. The number of aryl methyl sites for hydroxylation is 1. The molecule has 0 unspecified atom stereocenters. The summed E-state index contributed by atoms with van der Waals surface area (Å²) in [6.45, 7) is 1.92. The van der Waals surface area contributed by atoms with E-state index in [4.69, 9.17) is 10.5 Å². The van der Waals surface area contributed by atoms with Crippen LogP contribution in [0.5, 0.6) is 11.6 Å². The van der Waals surface area contributed by atoms with Gasteiger partial charge < -0.3 is 10.5 Å². The van der Waals surface area contributed by atoms with Gasteiger partial charge in [0.2, 0.25) is 5.88 Å². The van der Waals surface area contributed by atoms with Gasteiger partial charge in [0.1, 0.15) is 0 Å². The van der Waals surface area contributed by atoms with Gasteiger partial charge in [0.05, 0.1) is 5.69 Å². The molecule has 90 valence electrons. The highest BCUT2D eigenvalue weighted by atomic mass is 16.5. The molecule has 3 rings (SSSR count). The van der Waals surface area contributed by atoms with E-state index in [-0.39, 0.29) is 0 Å². The Hall–Kier alpha value is -2.70. The Balaban J connectivity index is 1.98. The first-order chi connectivity index (χ1) is 8.74. The molecule has 3 aromatic rings. The zero-order chi connectivity index (χ0) is 12.5. The Labute approximate surface area is 102 Å². The molecule has 0 radical (unpaired) electrons. The summed E-state index contributed by atoms with van der Waals surface area (Å²) in [5.41, 5.74) is 8.03. The molecule has 2 aromatic heterocycles. The predicted molar refractivity (Wildman–Crippen MR) is 64.2 cm³/mol. The van der Waals surface area contributed by atoms with E-state index in [2.05, 4.69) is 20.6 Å². The van der Waals surface area contributed by atoms with Crippen molar-refractivity contribution in [1.82, 2.24) is 25.3 Å². The van der Waals surface area contributed by atoms with Crippen LogP contribution < -0.4 is 10.5 Å². The van der Waals surface area contributed by atoms with Crippen molar-refractivity contribution in [3.05, 3.63) is 35.9 Å². The van der Waals surface area contributed by atoms with Crippen molar-refractivity contribution in [2.45, 2.75) is 6.92 Å². The molecule has 0 spiro atoms. The van der Waals surface area contributed by atoms with Crippen LogP contribution in [0.4, 0.5) is 5.69 Å². The number of rotatable bonds is 2. The number of nitrogens with two attached hydrogens (primary N) is 1. The highest BCUT2D eigenvalue weighted by Crippen LogP contribution is 2.28. The number of tetrazole rings is 1. The van der Waals surface area contributed by atoms with Crippen LogP contribution in [0.15, 0.2) is 30.3 Å². The van der Waals surface area contributed by atoms with Crippen molar-refractivity contribution in [2.24, 2.45) is 0 Å². The maximum absolute atomic E-state index is 5.92. The first-order valence-electron chi connectivity index (χ1n) is 5.32. The van der Waals surface area contributed by atoms with Crippen LogP contribution in [0.2, 0.25) is 0 Å². The van der Waals surface area contributed by atoms with Crippen LogP contribution in [-0.4, -0.2) is 25.3 Å². The van der Waals surface area contributed by atoms with Crippen LogP contribution in [0.1, 0.15) is 5.56 Å². The summed E-state index contributed by atoms with van der Waals surface area (Å²) in [5, 5.41) is 15.1. The maximum atomic E-state index is 5.92. The molecule has 0 atom stereocenters. The van der Waals surface area contributed by atoms with E-state index in [9.17, 15) is 0 Å². The molecule has 0 saturated heterocycles. The average molecular weight is 242 g/mol. The van der Waals surface area contributed by atoms with Crippen LogP contribution in [0.25, 0.3) is 5.65 Å². The first kappa shape index (κ1) is 10.5. The number of hydrogen-bond donors (Lipinski definition) is 1. The van der Waals surface area contributed by atoms with E-state index in [0.29, 0.717) is 23.0 Å². The van der Waals surface area contributed by atoms with Crippen molar-refractivity contribution in [2.75, 3.05) is 5.73 Å². The molecular formula is C11H10N6O. The number of hydrogen-bond acceptors (Lipinski definition) is 6. The molecule has 7 nitrogen and oxygen atoms in total. The van der Waals surface area contributed by atoms with Crippen LogP contribution >= 0.6 is 0 Å². The minimum Gasteiger partial charge on any atom is -0.435 e. The summed E-state index contributed by atoms with van der Waals surface area (Å²) in [5.74, 6) is 0.946. The summed E-state index contributed by atoms with van der Waals surface area (Å²) in [6, 6.07) is 8.98. The molecule has 2 heterocycles. The van der Waals surface area contributed by atoms with Crippen LogP contribution in [0.3, 0.4) is 0 Å². The van der Waals surface area contributed by atoms with Gasteiger partial charge in [0.15, 0.2) is 11.4 Å². The number of benzene rings is 1. The number of fused-ring (bicyclic) bond motifs is 1. The molecular weight excluding hydrogens is 232 g/mol. The predicted octanol–water partition coefficient (Wildman–Crippen LogP) is 1.20. The molecule has 1 aromatic carbocycles. The molecule has 0 fully saturated rings. The highest BCUT2D eigenvalue weighted by molar-refractivity contribution is 5.58. The second kappa shape index (κ2) is 3.95. The highest BCUT2D eigenvalue weighted by Gasteiger charge is 2.06. The number of aromatic nitrogens is 5. The number of anilines is 1. The van der Waals surface area contributed by atoms with Crippen molar-refractivity contribution < 1.29 is 4.74 Å².